The highest BCUT2D eigenvalue weighted by Gasteiger charge is 2.35. The Kier molecular flexibility index (Phi) is 14.1. The first-order valence-corrected chi connectivity index (χ1v) is 17.6. The SMILES string of the molecule is CCC(N)(CC)CC=CC(=O)N(C)[C@H](Cc1ccc(-c2ccccc2)cc1)C(=O)N(C)[C@H](Cc1ccccc1)C(=O)NCCc1ccccc1. The van der Waals surface area contributed by atoms with Gasteiger partial charge in [0, 0.05) is 39.0 Å². The molecule has 0 aliphatic heterocycles. The third kappa shape index (κ3) is 10.7. The first-order chi connectivity index (χ1) is 24.1. The molecule has 0 radical (unpaired) electrons. The second-order valence-electron chi connectivity index (χ2n) is 13.1. The van der Waals surface area contributed by atoms with Crippen LogP contribution >= 0.6 is 0 Å². The van der Waals surface area contributed by atoms with E-state index in [1.54, 1.807) is 14.1 Å². The predicted octanol–water partition coefficient (Wildman–Crippen LogP) is 6.62. The molecule has 3 amide bonds. The molecule has 50 heavy (non-hydrogen) atoms. The molecule has 0 fully saturated rings. The number of benzene rings is 4. The molecule has 0 aliphatic rings. The van der Waals surface area contributed by atoms with Crippen molar-refractivity contribution in [2.75, 3.05) is 20.6 Å². The molecule has 262 valence electrons. The van der Waals surface area contributed by atoms with E-state index in [0.717, 1.165) is 40.7 Å². The number of amides is 3. The summed E-state index contributed by atoms with van der Waals surface area (Å²) in [5.41, 5.74) is 11.2. The van der Waals surface area contributed by atoms with Gasteiger partial charge in [0.05, 0.1) is 0 Å². The minimum Gasteiger partial charge on any atom is -0.354 e. The number of hydrogen-bond donors (Lipinski definition) is 2. The van der Waals surface area contributed by atoms with E-state index in [1.807, 2.05) is 123 Å². The summed E-state index contributed by atoms with van der Waals surface area (Å²) in [7, 11) is 3.32. The van der Waals surface area contributed by atoms with Crippen molar-refractivity contribution in [2.45, 2.75) is 70.0 Å². The minimum absolute atomic E-state index is 0.237. The van der Waals surface area contributed by atoms with Gasteiger partial charge in [-0.2, -0.15) is 0 Å². The topological polar surface area (TPSA) is 95.7 Å². The van der Waals surface area contributed by atoms with Crippen molar-refractivity contribution in [3.05, 3.63) is 144 Å². The van der Waals surface area contributed by atoms with E-state index in [2.05, 4.69) is 17.4 Å². The van der Waals surface area contributed by atoms with E-state index in [9.17, 15) is 14.4 Å². The molecule has 0 saturated carbocycles. The van der Waals surface area contributed by atoms with E-state index in [0.29, 0.717) is 25.8 Å². The van der Waals surface area contributed by atoms with Crippen molar-refractivity contribution in [3.8, 4) is 11.1 Å². The number of nitrogens with zero attached hydrogens (tertiary/aromatic N) is 2. The zero-order chi connectivity index (χ0) is 35.9. The number of nitrogens with one attached hydrogen (secondary N) is 1. The lowest BCUT2D eigenvalue weighted by atomic mass is 9.90. The monoisotopic (exact) mass is 672 g/mol. The highest BCUT2D eigenvalue weighted by Crippen LogP contribution is 2.22. The average molecular weight is 673 g/mol. The summed E-state index contributed by atoms with van der Waals surface area (Å²) >= 11 is 0. The zero-order valence-corrected chi connectivity index (χ0v) is 29.9. The number of nitrogens with two attached hydrogens (primary N) is 1. The summed E-state index contributed by atoms with van der Waals surface area (Å²) in [5, 5.41) is 3.07. The van der Waals surface area contributed by atoms with Crippen molar-refractivity contribution >= 4 is 17.7 Å². The lowest BCUT2D eigenvalue weighted by molar-refractivity contribution is -0.146. The highest BCUT2D eigenvalue weighted by molar-refractivity contribution is 5.95. The van der Waals surface area contributed by atoms with Gasteiger partial charge in [0.15, 0.2) is 0 Å². The lowest BCUT2D eigenvalue weighted by Gasteiger charge is -2.34. The fourth-order valence-electron chi connectivity index (χ4n) is 6.01. The molecule has 0 aromatic heterocycles. The quantitative estimate of drug-likeness (QED) is 0.123. The largest absolute Gasteiger partial charge is 0.354 e. The molecule has 0 unspecified atom stereocenters. The molecule has 4 aromatic rings. The third-order valence-corrected chi connectivity index (χ3v) is 9.73. The average Bonchev–Trinajstić information content (AvgIpc) is 3.16. The highest BCUT2D eigenvalue weighted by atomic mass is 16.2. The van der Waals surface area contributed by atoms with E-state index in [1.165, 1.54) is 15.9 Å². The van der Waals surface area contributed by atoms with E-state index in [-0.39, 0.29) is 29.7 Å². The molecule has 0 aliphatic carbocycles. The summed E-state index contributed by atoms with van der Waals surface area (Å²) in [6.45, 7) is 4.53. The van der Waals surface area contributed by atoms with Crippen molar-refractivity contribution < 1.29 is 14.4 Å². The molecule has 0 bridgehead atoms. The van der Waals surface area contributed by atoms with Crippen LogP contribution in [-0.4, -0.2) is 65.8 Å². The first kappa shape index (κ1) is 37.8. The summed E-state index contributed by atoms with van der Waals surface area (Å²) in [5.74, 6) is -0.839. The second-order valence-corrected chi connectivity index (χ2v) is 13.1. The fraction of sp³-hybridized carbons (Fsp3) is 0.326. The van der Waals surface area contributed by atoms with Gasteiger partial charge in [0.25, 0.3) is 0 Å². The van der Waals surface area contributed by atoms with Gasteiger partial charge in [0.1, 0.15) is 12.1 Å². The Bertz CT molecular complexity index is 1670. The van der Waals surface area contributed by atoms with Gasteiger partial charge in [-0.05, 0) is 59.6 Å². The third-order valence-electron chi connectivity index (χ3n) is 9.73. The van der Waals surface area contributed by atoms with Crippen molar-refractivity contribution in [1.82, 2.24) is 15.1 Å². The molecule has 4 rings (SSSR count). The normalized spacial score (nSPS) is 12.7. The Morgan fingerprint density at radius 1 is 0.680 bits per heavy atom. The van der Waals surface area contributed by atoms with Crippen LogP contribution in [0.2, 0.25) is 0 Å². The van der Waals surface area contributed by atoms with Crippen LogP contribution in [0.3, 0.4) is 0 Å². The minimum atomic E-state index is -0.852. The van der Waals surface area contributed by atoms with E-state index >= 15 is 0 Å². The summed E-state index contributed by atoms with van der Waals surface area (Å²) < 4.78 is 0. The maximum atomic E-state index is 14.5. The van der Waals surface area contributed by atoms with Gasteiger partial charge < -0.3 is 20.9 Å². The van der Waals surface area contributed by atoms with Crippen LogP contribution in [0.5, 0.6) is 0 Å². The van der Waals surface area contributed by atoms with Crippen LogP contribution in [0, 0.1) is 0 Å². The molecule has 0 spiro atoms. The van der Waals surface area contributed by atoms with Gasteiger partial charge in [-0.3, -0.25) is 14.4 Å². The maximum absolute atomic E-state index is 14.5. The molecule has 2 atom stereocenters. The Morgan fingerprint density at radius 2 is 1.18 bits per heavy atom. The smallest absolute Gasteiger partial charge is 0.246 e. The van der Waals surface area contributed by atoms with Gasteiger partial charge in [-0.1, -0.05) is 135 Å². The van der Waals surface area contributed by atoms with Crippen LogP contribution in [0.25, 0.3) is 11.1 Å². The summed E-state index contributed by atoms with van der Waals surface area (Å²) in [6, 6.07) is 36.2. The van der Waals surface area contributed by atoms with Gasteiger partial charge >= 0.3 is 0 Å². The summed E-state index contributed by atoms with van der Waals surface area (Å²) in [4.78, 5) is 45.0. The number of hydrogen-bond acceptors (Lipinski definition) is 4. The van der Waals surface area contributed by atoms with Gasteiger partial charge in [-0.25, -0.2) is 0 Å². The standard InChI is InChI=1S/C43H52N4O3/c1-5-43(44,6-2)29-16-23-40(48)46(3)39(32-35-24-26-37(27-25-35)36-21-14-9-15-22-36)42(50)47(4)38(31-34-19-12-8-13-20-34)41(49)45-30-28-33-17-10-7-11-18-33/h7-27,38-39H,5-6,28-32,44H2,1-4H3,(H,45,49)/t38-,39-/m1/s1. The molecular weight excluding hydrogens is 620 g/mol. The zero-order valence-electron chi connectivity index (χ0n) is 29.9. The Balaban J connectivity index is 1.60. The fourth-order valence-corrected chi connectivity index (χ4v) is 6.01. The van der Waals surface area contributed by atoms with Crippen molar-refractivity contribution in [1.29, 1.82) is 0 Å². The first-order valence-electron chi connectivity index (χ1n) is 17.6. The molecule has 7 nitrogen and oxygen atoms in total. The predicted molar refractivity (Wildman–Crippen MR) is 203 cm³/mol. The van der Waals surface area contributed by atoms with Crippen molar-refractivity contribution in [2.24, 2.45) is 5.73 Å². The number of likely N-dealkylation sites (N-methyl/N-ethyl adjacent to an activating group) is 2. The number of carbonyl (C=O) groups excluding carboxylic acids is 3. The molecule has 3 N–H and O–H groups in total. The van der Waals surface area contributed by atoms with Crippen LogP contribution in [0.15, 0.2) is 127 Å². The number of carbonyl (C=O) groups is 3. The van der Waals surface area contributed by atoms with Gasteiger partial charge in [-0.15, -0.1) is 0 Å². The van der Waals surface area contributed by atoms with Crippen molar-refractivity contribution in [3.63, 3.8) is 0 Å². The lowest BCUT2D eigenvalue weighted by Crippen LogP contribution is -2.56. The maximum Gasteiger partial charge on any atom is 0.246 e. The van der Waals surface area contributed by atoms with E-state index in [4.69, 9.17) is 5.73 Å². The molecule has 0 heterocycles. The Morgan fingerprint density at radius 3 is 1.76 bits per heavy atom. The van der Waals surface area contributed by atoms with E-state index < -0.39 is 12.1 Å². The Hall–Kier alpha value is -5.01. The summed E-state index contributed by atoms with van der Waals surface area (Å²) in [6.07, 6.45) is 6.76. The Labute approximate surface area is 298 Å². The van der Waals surface area contributed by atoms with Crippen LogP contribution < -0.4 is 11.1 Å². The molecule has 7 heteroatoms. The van der Waals surface area contributed by atoms with Gasteiger partial charge in [0.2, 0.25) is 17.7 Å². The molecule has 4 aromatic carbocycles. The second kappa shape index (κ2) is 18.7. The van der Waals surface area contributed by atoms with Crippen LogP contribution in [0.4, 0.5) is 0 Å². The molecule has 0 saturated heterocycles. The van der Waals surface area contributed by atoms with Crippen LogP contribution in [0.1, 0.15) is 49.8 Å². The number of rotatable bonds is 17. The van der Waals surface area contributed by atoms with Crippen LogP contribution in [-0.2, 0) is 33.6 Å². The molecular formula is C43H52N4O3.